The van der Waals surface area contributed by atoms with Crippen LogP contribution < -0.4 is 4.74 Å². The molecule has 0 bridgehead atoms. The van der Waals surface area contributed by atoms with Crippen molar-refractivity contribution in [3.63, 3.8) is 0 Å². The van der Waals surface area contributed by atoms with Crippen LogP contribution in [0.2, 0.25) is 18.1 Å². The van der Waals surface area contributed by atoms with Gasteiger partial charge in [0.25, 0.3) is 0 Å². The van der Waals surface area contributed by atoms with Gasteiger partial charge >= 0.3 is 0 Å². The van der Waals surface area contributed by atoms with Crippen molar-refractivity contribution in [2.75, 3.05) is 34.2 Å². The minimum Gasteiger partial charge on any atom is -0.497 e. The highest BCUT2D eigenvalue weighted by Crippen LogP contribution is 2.38. The number of rotatable bonds is 12. The normalized spacial score (nSPS) is 24.3. The Hall–Kier alpha value is -1.22. The Labute approximate surface area is 220 Å². The topological polar surface area (TPSA) is 55.4 Å². The van der Waals surface area contributed by atoms with Gasteiger partial charge in [-0.05, 0) is 48.7 Å². The Kier molecular flexibility index (Phi) is 11.7. The number of methoxy groups -OCH3 is 2. The highest BCUT2D eigenvalue weighted by Gasteiger charge is 2.39. The first kappa shape index (κ1) is 31.0. The van der Waals surface area contributed by atoms with Gasteiger partial charge in [-0.15, -0.1) is 0 Å². The van der Waals surface area contributed by atoms with E-state index in [9.17, 15) is 0 Å². The Morgan fingerprint density at radius 2 is 1.78 bits per heavy atom. The predicted molar refractivity (Wildman–Crippen MR) is 148 cm³/mol. The van der Waals surface area contributed by atoms with Crippen LogP contribution in [0.25, 0.3) is 0 Å². The molecule has 0 N–H and O–H groups in total. The largest absolute Gasteiger partial charge is 0.497 e. The second-order valence-corrected chi connectivity index (χ2v) is 16.6. The molecule has 1 aromatic rings. The lowest BCUT2D eigenvalue weighted by molar-refractivity contribution is -0.258. The van der Waals surface area contributed by atoms with Crippen LogP contribution in [0.1, 0.15) is 60.3 Å². The molecule has 206 valence electrons. The SMILES string of the molecule is COCO[C@@H](/C(C)=C/[C@H](C)CO[Si](C)(C)C(C)(C)C)[C@@H](C)[C@@H]1O[C@H](c2ccc(OC)cc2)OC[C@@H]1C. The lowest BCUT2D eigenvalue weighted by Gasteiger charge is -2.41. The average Bonchev–Trinajstić information content (AvgIpc) is 2.82. The van der Waals surface area contributed by atoms with Gasteiger partial charge in [-0.25, -0.2) is 0 Å². The zero-order valence-electron chi connectivity index (χ0n) is 24.4. The van der Waals surface area contributed by atoms with Crippen LogP contribution in [0.3, 0.4) is 0 Å². The molecule has 0 aromatic heterocycles. The molecule has 2 rings (SSSR count). The maximum absolute atomic E-state index is 6.54. The third-order valence-corrected chi connectivity index (χ3v) is 12.1. The molecule has 6 nitrogen and oxygen atoms in total. The third kappa shape index (κ3) is 8.40. The monoisotopic (exact) mass is 522 g/mol. The van der Waals surface area contributed by atoms with E-state index in [1.807, 2.05) is 24.3 Å². The van der Waals surface area contributed by atoms with Crippen LogP contribution in [0.4, 0.5) is 0 Å². The Balaban J connectivity index is 2.15. The van der Waals surface area contributed by atoms with Gasteiger partial charge in [0.15, 0.2) is 14.6 Å². The van der Waals surface area contributed by atoms with E-state index in [-0.39, 0.29) is 41.8 Å². The molecule has 0 amide bonds. The molecule has 0 spiro atoms. The van der Waals surface area contributed by atoms with E-state index in [0.29, 0.717) is 13.2 Å². The summed E-state index contributed by atoms with van der Waals surface area (Å²) in [6.07, 6.45) is 1.70. The number of benzene rings is 1. The fourth-order valence-electron chi connectivity index (χ4n) is 4.39. The lowest BCUT2D eigenvalue weighted by atomic mass is 9.85. The maximum Gasteiger partial charge on any atom is 0.192 e. The van der Waals surface area contributed by atoms with Crippen molar-refractivity contribution in [2.45, 2.75) is 85.1 Å². The maximum atomic E-state index is 6.54. The van der Waals surface area contributed by atoms with Crippen LogP contribution in [0.15, 0.2) is 35.9 Å². The van der Waals surface area contributed by atoms with Crippen LogP contribution in [0.5, 0.6) is 5.75 Å². The van der Waals surface area contributed by atoms with E-state index in [1.54, 1.807) is 14.2 Å². The molecule has 1 aromatic carbocycles. The molecular formula is C29H50O6Si. The lowest BCUT2D eigenvalue weighted by Crippen LogP contribution is -2.44. The van der Waals surface area contributed by atoms with Crippen molar-refractivity contribution < 1.29 is 28.1 Å². The molecule has 1 saturated heterocycles. The van der Waals surface area contributed by atoms with Crippen LogP contribution >= 0.6 is 0 Å². The highest BCUT2D eigenvalue weighted by molar-refractivity contribution is 6.74. The smallest absolute Gasteiger partial charge is 0.192 e. The van der Waals surface area contributed by atoms with Crippen molar-refractivity contribution in [1.29, 1.82) is 0 Å². The van der Waals surface area contributed by atoms with Gasteiger partial charge in [0.2, 0.25) is 0 Å². The van der Waals surface area contributed by atoms with E-state index in [2.05, 4.69) is 67.6 Å². The van der Waals surface area contributed by atoms with E-state index in [0.717, 1.165) is 11.3 Å². The quantitative estimate of drug-likeness (QED) is 0.168. The van der Waals surface area contributed by atoms with E-state index in [1.165, 1.54) is 5.57 Å². The molecule has 0 unspecified atom stereocenters. The molecular weight excluding hydrogens is 472 g/mol. The predicted octanol–water partition coefficient (Wildman–Crippen LogP) is 6.97. The van der Waals surface area contributed by atoms with Crippen molar-refractivity contribution in [2.24, 2.45) is 17.8 Å². The highest BCUT2D eigenvalue weighted by atomic mass is 28.4. The fraction of sp³-hybridized carbons (Fsp3) is 0.724. The molecule has 0 saturated carbocycles. The summed E-state index contributed by atoms with van der Waals surface area (Å²) >= 11 is 0. The molecule has 1 aliphatic rings. The number of ether oxygens (including phenoxy) is 5. The first-order valence-corrected chi connectivity index (χ1v) is 16.0. The number of hydrogen-bond donors (Lipinski definition) is 0. The van der Waals surface area contributed by atoms with E-state index < -0.39 is 14.6 Å². The Bertz CT molecular complexity index is 816. The summed E-state index contributed by atoms with van der Waals surface area (Å²) in [5.41, 5.74) is 2.16. The molecule has 0 aliphatic carbocycles. The Morgan fingerprint density at radius 1 is 1.14 bits per heavy atom. The van der Waals surface area contributed by atoms with Gasteiger partial charge in [-0.2, -0.15) is 0 Å². The first-order chi connectivity index (χ1) is 16.8. The molecule has 1 heterocycles. The molecule has 7 heteroatoms. The molecule has 1 aliphatic heterocycles. The zero-order chi connectivity index (χ0) is 27.1. The minimum atomic E-state index is -1.79. The van der Waals surface area contributed by atoms with Gasteiger partial charge < -0.3 is 28.1 Å². The van der Waals surface area contributed by atoms with E-state index >= 15 is 0 Å². The molecule has 6 atom stereocenters. The summed E-state index contributed by atoms with van der Waals surface area (Å²) in [4.78, 5) is 0. The van der Waals surface area contributed by atoms with Crippen molar-refractivity contribution >= 4 is 8.32 Å². The van der Waals surface area contributed by atoms with Crippen LogP contribution in [0, 0.1) is 17.8 Å². The van der Waals surface area contributed by atoms with Gasteiger partial charge in [-0.3, -0.25) is 0 Å². The summed E-state index contributed by atoms with van der Waals surface area (Å²) < 4.78 is 35.9. The standard InChI is InChI=1S/C29H50O6Si/c1-20(17-34-36(10,11)29(5,6)7)16-21(2)26(33-19-30-8)23(4)27-22(3)18-32-28(35-27)24-12-14-25(31-9)15-13-24/h12-16,20,22-23,26-28H,17-19H2,1-11H3/b21-16+/t20-,22-,23+,26-,27+,28+/m0/s1. The van der Waals surface area contributed by atoms with Gasteiger partial charge in [0.05, 0.1) is 25.9 Å². The van der Waals surface area contributed by atoms with Crippen LogP contribution in [-0.4, -0.2) is 54.8 Å². The fourth-order valence-corrected chi connectivity index (χ4v) is 5.50. The minimum absolute atomic E-state index is 0.0326. The first-order valence-electron chi connectivity index (χ1n) is 13.1. The summed E-state index contributed by atoms with van der Waals surface area (Å²) in [5.74, 6) is 1.42. The van der Waals surface area contributed by atoms with Crippen molar-refractivity contribution in [1.82, 2.24) is 0 Å². The second-order valence-electron chi connectivity index (χ2n) is 11.8. The van der Waals surface area contributed by atoms with Gasteiger partial charge in [0, 0.05) is 31.1 Å². The molecule has 0 radical (unpaired) electrons. The molecule has 36 heavy (non-hydrogen) atoms. The van der Waals surface area contributed by atoms with Gasteiger partial charge in [-0.1, -0.05) is 59.8 Å². The number of hydrogen-bond acceptors (Lipinski definition) is 6. The summed E-state index contributed by atoms with van der Waals surface area (Å²) in [7, 11) is 1.53. The third-order valence-electron chi connectivity index (χ3n) is 7.61. The van der Waals surface area contributed by atoms with Gasteiger partial charge in [0.1, 0.15) is 12.5 Å². The van der Waals surface area contributed by atoms with Crippen molar-refractivity contribution in [3.8, 4) is 5.75 Å². The van der Waals surface area contributed by atoms with E-state index in [4.69, 9.17) is 28.1 Å². The summed E-state index contributed by atoms with van der Waals surface area (Å²) in [5, 5.41) is 0.195. The summed E-state index contributed by atoms with van der Waals surface area (Å²) in [6, 6.07) is 7.86. The zero-order valence-corrected chi connectivity index (χ0v) is 25.4. The van der Waals surface area contributed by atoms with Crippen molar-refractivity contribution in [3.05, 3.63) is 41.5 Å². The Morgan fingerprint density at radius 3 is 2.33 bits per heavy atom. The van der Waals surface area contributed by atoms with Crippen LogP contribution in [-0.2, 0) is 23.4 Å². The molecule has 1 fully saturated rings. The second kappa shape index (κ2) is 13.5. The average molecular weight is 523 g/mol. The summed E-state index contributed by atoms with van der Waals surface area (Å²) in [6.45, 7) is 21.7.